The molecule has 0 saturated heterocycles. The van der Waals surface area contributed by atoms with E-state index in [0.29, 0.717) is 10.6 Å². The number of benzene rings is 1. The highest BCUT2D eigenvalue weighted by molar-refractivity contribution is 7.90. The Hall–Kier alpha value is -0.720. The number of rotatable bonds is 7. The van der Waals surface area contributed by atoms with Crippen molar-refractivity contribution < 1.29 is 12.6 Å². The molecule has 0 heterocycles. The van der Waals surface area contributed by atoms with Crippen LogP contribution in [-0.2, 0) is 20.6 Å². The fraction of sp³-hybridized carbons (Fsp3) is 0.538. The Morgan fingerprint density at radius 2 is 1.84 bits per heavy atom. The second-order valence-corrected chi connectivity index (χ2v) is 8.19. The summed E-state index contributed by atoms with van der Waals surface area (Å²) in [5.74, 6) is 0.561. The minimum absolute atomic E-state index is 0.171. The zero-order chi connectivity index (χ0) is 14.5. The highest BCUT2D eigenvalue weighted by atomic mass is 32.2. The number of hydrogen-bond donors (Lipinski definition) is 1. The normalized spacial score (nSPS) is 15.1. The summed E-state index contributed by atoms with van der Waals surface area (Å²) in [5, 5.41) is 0. The van der Waals surface area contributed by atoms with Gasteiger partial charge in [0.15, 0.2) is 9.84 Å². The lowest BCUT2D eigenvalue weighted by Gasteiger charge is -2.08. The van der Waals surface area contributed by atoms with Crippen molar-refractivity contribution >= 4 is 20.6 Å². The van der Waals surface area contributed by atoms with Crippen LogP contribution < -0.4 is 5.73 Å². The van der Waals surface area contributed by atoms with Crippen LogP contribution in [0.3, 0.4) is 0 Å². The van der Waals surface area contributed by atoms with E-state index in [-0.39, 0.29) is 10.9 Å². The van der Waals surface area contributed by atoms with E-state index in [0.717, 1.165) is 25.5 Å². The van der Waals surface area contributed by atoms with Crippen LogP contribution in [0.5, 0.6) is 0 Å². The van der Waals surface area contributed by atoms with E-state index in [1.807, 2.05) is 6.92 Å². The lowest BCUT2D eigenvalue weighted by molar-refractivity contribution is 0.586. The van der Waals surface area contributed by atoms with Crippen LogP contribution in [0.15, 0.2) is 34.1 Å². The van der Waals surface area contributed by atoms with E-state index in [2.05, 4.69) is 0 Å². The minimum Gasteiger partial charge on any atom is -0.328 e. The summed E-state index contributed by atoms with van der Waals surface area (Å²) in [5.41, 5.74) is 5.80. The van der Waals surface area contributed by atoms with Crippen molar-refractivity contribution in [1.82, 2.24) is 0 Å². The summed E-state index contributed by atoms with van der Waals surface area (Å²) in [4.78, 5) is 0.915. The number of sulfone groups is 1. The molecule has 0 spiro atoms. The minimum atomic E-state index is -3.19. The predicted molar refractivity (Wildman–Crippen MR) is 78.3 cm³/mol. The van der Waals surface area contributed by atoms with Crippen LogP contribution in [0.1, 0.15) is 26.2 Å². The third kappa shape index (κ3) is 5.42. The molecule has 19 heavy (non-hydrogen) atoms. The smallest absolute Gasteiger partial charge is 0.175 e. The van der Waals surface area contributed by atoms with Crippen molar-refractivity contribution in [2.24, 2.45) is 5.73 Å². The molecule has 0 aliphatic carbocycles. The Balaban J connectivity index is 2.59. The quantitative estimate of drug-likeness (QED) is 0.832. The molecule has 0 aliphatic rings. The first kappa shape index (κ1) is 16.3. The molecular formula is C13H21NO3S2. The van der Waals surface area contributed by atoms with Crippen LogP contribution in [0, 0.1) is 0 Å². The van der Waals surface area contributed by atoms with Crippen LogP contribution in [-0.4, -0.2) is 30.7 Å². The molecule has 108 valence electrons. The first-order valence-corrected chi connectivity index (χ1v) is 9.49. The van der Waals surface area contributed by atoms with Crippen LogP contribution in [0.25, 0.3) is 0 Å². The van der Waals surface area contributed by atoms with Crippen LogP contribution in [0.4, 0.5) is 0 Å². The summed E-state index contributed by atoms with van der Waals surface area (Å²) >= 11 is 0. The highest BCUT2D eigenvalue weighted by Crippen LogP contribution is 2.14. The first-order chi connectivity index (χ1) is 8.84. The van der Waals surface area contributed by atoms with Gasteiger partial charge in [-0.05, 0) is 43.5 Å². The van der Waals surface area contributed by atoms with Gasteiger partial charge < -0.3 is 5.73 Å². The number of hydrogen-bond acceptors (Lipinski definition) is 4. The van der Waals surface area contributed by atoms with Crippen molar-refractivity contribution in [3.8, 4) is 0 Å². The standard InChI is InChI=1S/C13H21NO3S2/c1-3-11(14)5-4-10-18(15)12-6-8-13(9-7-12)19(2,16)17/h6-9,11H,3-5,10,14H2,1-2H3. The van der Waals surface area contributed by atoms with E-state index < -0.39 is 20.6 Å². The fourth-order valence-electron chi connectivity index (χ4n) is 1.64. The van der Waals surface area contributed by atoms with Crippen molar-refractivity contribution in [2.75, 3.05) is 12.0 Å². The molecule has 0 aromatic heterocycles. The highest BCUT2D eigenvalue weighted by Gasteiger charge is 2.09. The lowest BCUT2D eigenvalue weighted by Crippen LogP contribution is -2.19. The lowest BCUT2D eigenvalue weighted by atomic mass is 10.1. The first-order valence-electron chi connectivity index (χ1n) is 6.28. The number of nitrogens with two attached hydrogens (primary N) is 1. The second-order valence-electron chi connectivity index (χ2n) is 4.60. The molecule has 0 aliphatic heterocycles. The van der Waals surface area contributed by atoms with E-state index in [1.165, 1.54) is 12.1 Å². The molecule has 0 bridgehead atoms. The van der Waals surface area contributed by atoms with Crippen molar-refractivity contribution in [3.63, 3.8) is 0 Å². The van der Waals surface area contributed by atoms with Gasteiger partial charge in [0.05, 0.1) is 15.7 Å². The SMILES string of the molecule is CCC(N)CCCS(=O)c1ccc(S(C)(=O)=O)cc1. The van der Waals surface area contributed by atoms with Gasteiger partial charge in [0.1, 0.15) is 0 Å². The van der Waals surface area contributed by atoms with Gasteiger partial charge in [0.25, 0.3) is 0 Å². The molecule has 1 aromatic rings. The molecule has 4 nitrogen and oxygen atoms in total. The zero-order valence-corrected chi connectivity index (χ0v) is 13.0. The van der Waals surface area contributed by atoms with Gasteiger partial charge >= 0.3 is 0 Å². The zero-order valence-electron chi connectivity index (χ0n) is 11.3. The Morgan fingerprint density at radius 1 is 1.26 bits per heavy atom. The van der Waals surface area contributed by atoms with Gasteiger partial charge in [-0.25, -0.2) is 8.42 Å². The third-order valence-electron chi connectivity index (χ3n) is 2.94. The Labute approximate surface area is 117 Å². The maximum absolute atomic E-state index is 12.0. The van der Waals surface area contributed by atoms with E-state index in [4.69, 9.17) is 5.73 Å². The largest absolute Gasteiger partial charge is 0.328 e. The monoisotopic (exact) mass is 303 g/mol. The van der Waals surface area contributed by atoms with Crippen LogP contribution in [0.2, 0.25) is 0 Å². The molecule has 0 fully saturated rings. The Kier molecular flexibility index (Phi) is 6.16. The molecule has 0 saturated carbocycles. The molecule has 1 rings (SSSR count). The van der Waals surface area contributed by atoms with Crippen molar-refractivity contribution in [2.45, 2.75) is 42.0 Å². The summed E-state index contributed by atoms with van der Waals surface area (Å²) < 4.78 is 34.6. The maximum atomic E-state index is 12.0. The summed E-state index contributed by atoms with van der Waals surface area (Å²) in [6, 6.07) is 6.41. The summed E-state index contributed by atoms with van der Waals surface area (Å²) in [6.45, 7) is 2.03. The summed E-state index contributed by atoms with van der Waals surface area (Å²) in [7, 11) is -4.28. The topological polar surface area (TPSA) is 77.2 Å². The Morgan fingerprint density at radius 3 is 2.32 bits per heavy atom. The van der Waals surface area contributed by atoms with Crippen LogP contribution >= 0.6 is 0 Å². The molecule has 2 unspecified atom stereocenters. The van der Waals surface area contributed by atoms with Gasteiger partial charge in [-0.1, -0.05) is 6.92 Å². The van der Waals surface area contributed by atoms with Gasteiger partial charge in [-0.2, -0.15) is 0 Å². The second kappa shape index (κ2) is 7.17. The van der Waals surface area contributed by atoms with Gasteiger partial charge in [-0.15, -0.1) is 0 Å². The molecular weight excluding hydrogens is 282 g/mol. The molecule has 2 N–H and O–H groups in total. The average molecular weight is 303 g/mol. The average Bonchev–Trinajstić information content (AvgIpc) is 2.37. The summed E-state index contributed by atoms with van der Waals surface area (Å²) in [6.07, 6.45) is 3.76. The fourth-order valence-corrected chi connectivity index (χ4v) is 3.37. The van der Waals surface area contributed by atoms with Crippen molar-refractivity contribution in [3.05, 3.63) is 24.3 Å². The van der Waals surface area contributed by atoms with Gasteiger partial charge in [0.2, 0.25) is 0 Å². The maximum Gasteiger partial charge on any atom is 0.175 e. The van der Waals surface area contributed by atoms with E-state index >= 15 is 0 Å². The molecule has 0 radical (unpaired) electrons. The Bertz CT molecular complexity index is 523. The third-order valence-corrected chi connectivity index (χ3v) is 5.53. The van der Waals surface area contributed by atoms with Gasteiger partial charge in [-0.3, -0.25) is 4.21 Å². The molecule has 1 aromatic carbocycles. The van der Waals surface area contributed by atoms with Gasteiger partial charge in [0, 0.05) is 22.9 Å². The molecule has 0 amide bonds. The molecule has 6 heteroatoms. The molecule has 2 atom stereocenters. The van der Waals surface area contributed by atoms with Crippen molar-refractivity contribution in [1.29, 1.82) is 0 Å². The van der Waals surface area contributed by atoms with E-state index in [1.54, 1.807) is 12.1 Å². The van der Waals surface area contributed by atoms with E-state index in [9.17, 15) is 12.6 Å². The predicted octanol–water partition coefficient (Wildman–Crippen LogP) is 1.72.